The molecule has 1 aliphatic rings. The summed E-state index contributed by atoms with van der Waals surface area (Å²) in [6.07, 6.45) is -2.71. The van der Waals surface area contributed by atoms with Gasteiger partial charge in [0.1, 0.15) is 30.2 Å². The molecule has 108 valence electrons. The van der Waals surface area contributed by atoms with Crippen molar-refractivity contribution >= 4 is 11.6 Å². The Hall–Kier alpha value is -2.13. The molecule has 0 aliphatic carbocycles. The molecule has 1 aromatic rings. The minimum Gasteiger partial charge on any atom is -0.388 e. The third-order valence-electron chi connectivity index (χ3n) is 3.09. The van der Waals surface area contributed by atoms with Gasteiger partial charge in [-0.1, -0.05) is 5.11 Å². The Kier molecular flexibility index (Phi) is 4.20. The number of anilines is 2. The van der Waals surface area contributed by atoms with Crippen LogP contribution in [0, 0.1) is 6.92 Å². The number of aromatic nitrogens is 2. The van der Waals surface area contributed by atoms with E-state index < -0.39 is 24.5 Å². The normalized spacial score (nSPS) is 28.9. The molecule has 0 spiro atoms. The summed E-state index contributed by atoms with van der Waals surface area (Å²) in [5.74, 6) is 0.708. The van der Waals surface area contributed by atoms with Crippen LogP contribution in [0.1, 0.15) is 5.56 Å². The molecule has 1 aromatic heterocycles. The van der Waals surface area contributed by atoms with Crippen LogP contribution >= 0.6 is 0 Å². The summed E-state index contributed by atoms with van der Waals surface area (Å²) in [5.41, 5.74) is 14.5. The lowest BCUT2D eigenvalue weighted by atomic mass is 10.1. The quantitative estimate of drug-likeness (QED) is 0.329. The molecule has 0 amide bonds. The minimum absolute atomic E-state index is 0.0716. The molecular weight excluding hydrogens is 266 g/mol. The Morgan fingerprint density at radius 1 is 1.50 bits per heavy atom. The maximum atomic E-state index is 9.90. The predicted molar refractivity (Wildman–Crippen MR) is 69.5 cm³/mol. The smallest absolute Gasteiger partial charge is 0.158 e. The zero-order valence-corrected chi connectivity index (χ0v) is 10.7. The maximum Gasteiger partial charge on any atom is 0.158 e. The Morgan fingerprint density at radius 3 is 2.95 bits per heavy atom. The fourth-order valence-electron chi connectivity index (χ4n) is 1.88. The van der Waals surface area contributed by atoms with Gasteiger partial charge in [0.15, 0.2) is 6.23 Å². The van der Waals surface area contributed by atoms with Crippen LogP contribution < -0.4 is 11.1 Å². The second-order valence-electron chi connectivity index (χ2n) is 4.37. The van der Waals surface area contributed by atoms with Crippen molar-refractivity contribution in [2.45, 2.75) is 31.5 Å². The van der Waals surface area contributed by atoms with E-state index in [1.807, 2.05) is 0 Å². The number of nitrogens with one attached hydrogen (secondary N) is 1. The molecule has 10 heteroatoms. The molecule has 0 saturated carbocycles. The van der Waals surface area contributed by atoms with Crippen molar-refractivity contribution in [3.63, 3.8) is 0 Å². The van der Waals surface area contributed by atoms with Crippen LogP contribution in [0.25, 0.3) is 10.4 Å². The lowest BCUT2D eigenvalue weighted by molar-refractivity contribution is 0.0248. The van der Waals surface area contributed by atoms with Crippen molar-refractivity contribution in [3.8, 4) is 0 Å². The number of rotatable bonds is 4. The molecule has 5 N–H and O–H groups in total. The Balaban J connectivity index is 2.10. The first-order chi connectivity index (χ1) is 9.54. The van der Waals surface area contributed by atoms with E-state index in [4.69, 9.17) is 16.0 Å². The number of nitrogen functional groups attached to an aromatic ring is 1. The van der Waals surface area contributed by atoms with Gasteiger partial charge in [-0.3, -0.25) is 0 Å². The Morgan fingerprint density at radius 2 is 2.25 bits per heavy atom. The molecule has 1 fully saturated rings. The minimum atomic E-state index is -1.18. The third-order valence-corrected chi connectivity index (χ3v) is 3.09. The number of aliphatic hydroxyl groups excluding tert-OH is 2. The van der Waals surface area contributed by atoms with Crippen LogP contribution in [0.2, 0.25) is 0 Å². The van der Waals surface area contributed by atoms with Gasteiger partial charge in [0.25, 0.3) is 0 Å². The van der Waals surface area contributed by atoms with Crippen LogP contribution in [0.3, 0.4) is 0 Å². The summed E-state index contributed by atoms with van der Waals surface area (Å²) in [7, 11) is 0. The van der Waals surface area contributed by atoms with E-state index in [9.17, 15) is 10.2 Å². The summed E-state index contributed by atoms with van der Waals surface area (Å²) in [6, 6.07) is 0. The van der Waals surface area contributed by atoms with E-state index in [-0.39, 0.29) is 6.54 Å². The number of azide groups is 1. The second-order valence-corrected chi connectivity index (χ2v) is 4.37. The lowest BCUT2D eigenvalue weighted by Crippen LogP contribution is -2.36. The highest BCUT2D eigenvalue weighted by molar-refractivity contribution is 5.54. The van der Waals surface area contributed by atoms with Gasteiger partial charge in [0.2, 0.25) is 0 Å². The summed E-state index contributed by atoms with van der Waals surface area (Å²) in [6.45, 7) is 1.64. The number of ether oxygens (including phenoxy) is 1. The number of nitrogens with zero attached hydrogens (tertiary/aromatic N) is 5. The van der Waals surface area contributed by atoms with E-state index >= 15 is 0 Å². The highest BCUT2D eigenvalue weighted by Crippen LogP contribution is 2.24. The molecule has 2 heterocycles. The summed E-state index contributed by atoms with van der Waals surface area (Å²) >= 11 is 0. The first kappa shape index (κ1) is 14.3. The Bertz CT molecular complexity index is 534. The monoisotopic (exact) mass is 281 g/mol. The zero-order chi connectivity index (χ0) is 14.7. The van der Waals surface area contributed by atoms with Crippen molar-refractivity contribution in [3.05, 3.63) is 22.3 Å². The van der Waals surface area contributed by atoms with Gasteiger partial charge in [0.05, 0.1) is 12.6 Å². The van der Waals surface area contributed by atoms with Crippen molar-refractivity contribution in [2.24, 2.45) is 5.11 Å². The number of aliphatic hydroxyl groups is 2. The van der Waals surface area contributed by atoms with Gasteiger partial charge in [0, 0.05) is 10.5 Å². The van der Waals surface area contributed by atoms with Crippen LogP contribution in [0.4, 0.5) is 11.6 Å². The van der Waals surface area contributed by atoms with E-state index in [0.29, 0.717) is 17.2 Å². The van der Waals surface area contributed by atoms with E-state index in [0.717, 1.165) is 0 Å². The molecule has 20 heavy (non-hydrogen) atoms. The van der Waals surface area contributed by atoms with Gasteiger partial charge >= 0.3 is 0 Å². The van der Waals surface area contributed by atoms with Crippen LogP contribution in [-0.4, -0.2) is 51.3 Å². The third kappa shape index (κ3) is 2.73. The van der Waals surface area contributed by atoms with Crippen molar-refractivity contribution in [1.29, 1.82) is 0 Å². The average Bonchev–Trinajstić information content (AvgIpc) is 2.70. The van der Waals surface area contributed by atoms with Crippen LogP contribution in [0.5, 0.6) is 0 Å². The van der Waals surface area contributed by atoms with Gasteiger partial charge in [-0.15, -0.1) is 0 Å². The number of nitrogens with two attached hydrogens (primary N) is 1. The first-order valence-electron chi connectivity index (χ1n) is 5.90. The fourth-order valence-corrected chi connectivity index (χ4v) is 1.88. The molecule has 2 rings (SSSR count). The van der Waals surface area contributed by atoms with E-state index in [1.54, 1.807) is 6.92 Å². The number of hydrogen-bond acceptors (Lipinski definition) is 8. The molecule has 0 unspecified atom stereocenters. The average molecular weight is 281 g/mol. The fraction of sp³-hybridized carbons (Fsp3) is 0.600. The SMILES string of the molecule is Cc1c(N)ncnc1N[C@@H]1O[C@H](CN=[N+]=[N-])[C@@H](O)[C@H]1O. The molecule has 1 aliphatic heterocycles. The topological polar surface area (TPSA) is 162 Å². The summed E-state index contributed by atoms with van der Waals surface area (Å²) in [4.78, 5) is 10.4. The number of hydrogen-bond donors (Lipinski definition) is 4. The van der Waals surface area contributed by atoms with Gasteiger partial charge in [-0.2, -0.15) is 0 Å². The summed E-state index contributed by atoms with van der Waals surface area (Å²) in [5, 5.41) is 25.9. The lowest BCUT2D eigenvalue weighted by Gasteiger charge is -2.18. The van der Waals surface area contributed by atoms with Crippen molar-refractivity contribution in [1.82, 2.24) is 9.97 Å². The molecule has 4 atom stereocenters. The van der Waals surface area contributed by atoms with E-state index in [2.05, 4.69) is 25.3 Å². The highest BCUT2D eigenvalue weighted by Gasteiger charge is 2.42. The molecule has 0 radical (unpaired) electrons. The predicted octanol–water partition coefficient (Wildman–Crippen LogP) is -0.464. The first-order valence-corrected chi connectivity index (χ1v) is 5.90. The maximum absolute atomic E-state index is 9.90. The van der Waals surface area contributed by atoms with Crippen LogP contribution in [0.15, 0.2) is 11.4 Å². The zero-order valence-electron chi connectivity index (χ0n) is 10.7. The highest BCUT2D eigenvalue weighted by atomic mass is 16.6. The molecule has 1 saturated heterocycles. The largest absolute Gasteiger partial charge is 0.388 e. The van der Waals surface area contributed by atoms with Gasteiger partial charge < -0.3 is 26.0 Å². The van der Waals surface area contributed by atoms with Gasteiger partial charge in [-0.05, 0) is 12.5 Å². The van der Waals surface area contributed by atoms with Crippen molar-refractivity contribution < 1.29 is 14.9 Å². The molecular formula is C10H15N7O3. The summed E-state index contributed by atoms with van der Waals surface area (Å²) < 4.78 is 5.41. The molecule has 0 bridgehead atoms. The van der Waals surface area contributed by atoms with Crippen molar-refractivity contribution in [2.75, 3.05) is 17.6 Å². The standard InChI is InChI=1S/C10H15N7O3/c1-4-8(11)13-3-14-9(4)16-10-7(19)6(18)5(20-10)2-15-17-12/h3,5-7,10,18-19H,2H2,1H3,(H3,11,13,14,16)/t5-,6-,7-,10-/m1/s1. The molecule has 0 aromatic carbocycles. The molecule has 10 nitrogen and oxygen atoms in total. The second kappa shape index (κ2) is 5.88. The Labute approximate surface area is 114 Å². The van der Waals surface area contributed by atoms with Crippen LogP contribution in [-0.2, 0) is 4.74 Å². The van der Waals surface area contributed by atoms with Gasteiger partial charge in [-0.25, -0.2) is 9.97 Å². The van der Waals surface area contributed by atoms with E-state index in [1.165, 1.54) is 6.33 Å².